The molecule has 2 heterocycles. The van der Waals surface area contributed by atoms with E-state index in [0.29, 0.717) is 0 Å². The summed E-state index contributed by atoms with van der Waals surface area (Å²) in [5.74, 6) is -0.170. The number of nitrogens with one attached hydrogen (secondary N) is 1. The molecule has 1 aromatic carbocycles. The highest BCUT2D eigenvalue weighted by Crippen LogP contribution is 2.32. The normalized spacial score (nSPS) is 16.9. The molecule has 1 aliphatic rings. The van der Waals surface area contributed by atoms with E-state index in [1.54, 1.807) is 23.5 Å². The smallest absolute Gasteiger partial charge is 0.223 e. The van der Waals surface area contributed by atoms with Gasteiger partial charge in [0.05, 0.1) is 18.5 Å². The lowest BCUT2D eigenvalue weighted by atomic mass is 9.93. The van der Waals surface area contributed by atoms with Gasteiger partial charge in [-0.1, -0.05) is 24.3 Å². The number of carbonyl (C=O) groups excluding carboxylic acids is 2. The fourth-order valence-electron chi connectivity index (χ4n) is 3.12. The molecule has 5 nitrogen and oxygen atoms in total. The Morgan fingerprint density at radius 3 is 2.64 bits per heavy atom. The topological polar surface area (TPSA) is 62.3 Å². The Hall–Kier alpha value is -2.95. The molecule has 0 spiro atoms. The average molecular weight is 335 g/mol. The molecule has 2 aromatic rings. The molecule has 0 aliphatic carbocycles. The van der Waals surface area contributed by atoms with E-state index in [2.05, 4.69) is 10.3 Å². The minimum Gasteiger partial charge on any atom is -0.350 e. The number of amides is 2. The lowest BCUT2D eigenvalue weighted by molar-refractivity contribution is -0.130. The van der Waals surface area contributed by atoms with Crippen LogP contribution in [-0.2, 0) is 9.59 Å². The molecule has 1 N–H and O–H groups in total. The molecule has 2 atom stereocenters. The van der Waals surface area contributed by atoms with E-state index in [1.807, 2.05) is 49.4 Å². The second kappa shape index (κ2) is 7.30. The van der Waals surface area contributed by atoms with Gasteiger partial charge in [-0.3, -0.25) is 14.6 Å². The number of benzene rings is 1. The minimum atomic E-state index is -0.289. The molecule has 0 radical (unpaired) electrons. The molecule has 0 saturated heterocycles. The predicted molar refractivity (Wildman–Crippen MR) is 96.1 cm³/mol. The van der Waals surface area contributed by atoms with Crippen molar-refractivity contribution in [1.82, 2.24) is 15.2 Å². The van der Waals surface area contributed by atoms with E-state index >= 15 is 0 Å². The summed E-state index contributed by atoms with van der Waals surface area (Å²) in [4.78, 5) is 30.2. The van der Waals surface area contributed by atoms with Crippen LogP contribution in [0, 0.1) is 0 Å². The molecule has 2 amide bonds. The molecule has 25 heavy (non-hydrogen) atoms. The average Bonchev–Trinajstić information content (AvgIpc) is 2.62. The van der Waals surface area contributed by atoms with E-state index < -0.39 is 0 Å². The molecule has 0 fully saturated rings. The van der Waals surface area contributed by atoms with E-state index in [-0.39, 0.29) is 30.3 Å². The van der Waals surface area contributed by atoms with Gasteiger partial charge in [0, 0.05) is 25.5 Å². The number of pyridine rings is 1. The Labute approximate surface area is 147 Å². The number of hydrogen-bond donors (Lipinski definition) is 1. The van der Waals surface area contributed by atoms with Gasteiger partial charge in [-0.25, -0.2) is 0 Å². The van der Waals surface area contributed by atoms with Gasteiger partial charge in [0.15, 0.2) is 0 Å². The fourth-order valence-corrected chi connectivity index (χ4v) is 3.12. The quantitative estimate of drug-likeness (QED) is 0.933. The summed E-state index contributed by atoms with van der Waals surface area (Å²) in [6, 6.07) is 11.2. The molecule has 1 aliphatic heterocycles. The molecule has 3 rings (SSSR count). The van der Waals surface area contributed by atoms with Crippen LogP contribution < -0.4 is 5.32 Å². The zero-order chi connectivity index (χ0) is 17.8. The summed E-state index contributed by atoms with van der Waals surface area (Å²) in [5, 5.41) is 3.00. The third-order valence-electron chi connectivity index (χ3n) is 4.43. The van der Waals surface area contributed by atoms with E-state index in [9.17, 15) is 9.59 Å². The van der Waals surface area contributed by atoms with Crippen LogP contribution >= 0.6 is 0 Å². The van der Waals surface area contributed by atoms with Gasteiger partial charge in [-0.05, 0) is 41.8 Å². The molecular formula is C20H21N3O2. The molecule has 2 unspecified atom stereocenters. The van der Waals surface area contributed by atoms with Crippen molar-refractivity contribution in [1.29, 1.82) is 0 Å². The van der Waals surface area contributed by atoms with Crippen molar-refractivity contribution in [3.8, 4) is 0 Å². The van der Waals surface area contributed by atoms with Gasteiger partial charge < -0.3 is 10.2 Å². The zero-order valence-electron chi connectivity index (χ0n) is 14.3. The van der Waals surface area contributed by atoms with Crippen molar-refractivity contribution >= 4 is 17.9 Å². The van der Waals surface area contributed by atoms with Crippen LogP contribution in [0.1, 0.15) is 49.0 Å². The van der Waals surface area contributed by atoms with Gasteiger partial charge in [0.1, 0.15) is 0 Å². The fraction of sp³-hybridized carbons (Fsp3) is 0.250. The van der Waals surface area contributed by atoms with Crippen molar-refractivity contribution in [3.63, 3.8) is 0 Å². The second-order valence-electron chi connectivity index (χ2n) is 6.16. The van der Waals surface area contributed by atoms with E-state index in [0.717, 1.165) is 16.7 Å². The van der Waals surface area contributed by atoms with Crippen molar-refractivity contribution in [2.75, 3.05) is 0 Å². The first-order valence-electron chi connectivity index (χ1n) is 8.31. The van der Waals surface area contributed by atoms with Gasteiger partial charge >= 0.3 is 0 Å². The number of hydrogen-bond acceptors (Lipinski definition) is 3. The molecule has 0 saturated carbocycles. The second-order valence-corrected chi connectivity index (χ2v) is 6.16. The summed E-state index contributed by atoms with van der Waals surface area (Å²) < 4.78 is 0. The highest BCUT2D eigenvalue weighted by molar-refractivity contribution is 5.82. The van der Waals surface area contributed by atoms with E-state index in [4.69, 9.17) is 0 Å². The maximum absolute atomic E-state index is 12.6. The van der Waals surface area contributed by atoms with Crippen molar-refractivity contribution in [2.45, 2.75) is 32.4 Å². The first kappa shape index (κ1) is 16.9. The van der Waals surface area contributed by atoms with Crippen molar-refractivity contribution < 1.29 is 9.59 Å². The minimum absolute atomic E-state index is 0.0780. The monoisotopic (exact) mass is 335 g/mol. The largest absolute Gasteiger partial charge is 0.350 e. The van der Waals surface area contributed by atoms with Gasteiger partial charge in [0.25, 0.3) is 0 Å². The molecule has 0 bridgehead atoms. The third kappa shape index (κ3) is 3.76. The first-order valence-corrected chi connectivity index (χ1v) is 8.31. The Bertz CT molecular complexity index is 802. The summed E-state index contributed by atoms with van der Waals surface area (Å²) in [5.41, 5.74) is 3.03. The van der Waals surface area contributed by atoms with Crippen LogP contribution in [-0.4, -0.2) is 21.7 Å². The maximum Gasteiger partial charge on any atom is 0.223 e. The van der Waals surface area contributed by atoms with Crippen LogP contribution in [0.3, 0.4) is 0 Å². The summed E-state index contributed by atoms with van der Waals surface area (Å²) in [7, 11) is 0. The molecule has 5 heteroatoms. The zero-order valence-corrected chi connectivity index (χ0v) is 14.3. The highest BCUT2D eigenvalue weighted by atomic mass is 16.2. The molecule has 1 aromatic heterocycles. The van der Waals surface area contributed by atoms with Crippen LogP contribution in [0.15, 0.2) is 55.0 Å². The number of fused-ring (bicyclic) bond motifs is 1. The van der Waals surface area contributed by atoms with Gasteiger partial charge in [-0.15, -0.1) is 0 Å². The summed E-state index contributed by atoms with van der Waals surface area (Å²) in [6.07, 6.45) is 7.30. The van der Waals surface area contributed by atoms with Crippen LogP contribution in [0.4, 0.5) is 0 Å². The molecule has 128 valence electrons. The van der Waals surface area contributed by atoms with E-state index in [1.165, 1.54) is 6.92 Å². The van der Waals surface area contributed by atoms with Gasteiger partial charge in [0.2, 0.25) is 11.8 Å². The highest BCUT2D eigenvalue weighted by Gasteiger charge is 2.28. The summed E-state index contributed by atoms with van der Waals surface area (Å²) >= 11 is 0. The molecular weight excluding hydrogens is 314 g/mol. The lowest BCUT2D eigenvalue weighted by Gasteiger charge is -2.32. The Balaban J connectivity index is 1.76. The van der Waals surface area contributed by atoms with Gasteiger partial charge in [-0.2, -0.15) is 0 Å². The summed E-state index contributed by atoms with van der Waals surface area (Å²) in [6.45, 7) is 3.45. The number of aromatic nitrogens is 1. The first-order chi connectivity index (χ1) is 12.1. The van der Waals surface area contributed by atoms with Crippen LogP contribution in [0.2, 0.25) is 0 Å². The number of nitrogens with zero attached hydrogens (tertiary/aromatic N) is 2. The number of carbonyl (C=O) groups is 2. The Kier molecular flexibility index (Phi) is 4.93. The Morgan fingerprint density at radius 1 is 1.20 bits per heavy atom. The lowest BCUT2D eigenvalue weighted by Crippen LogP contribution is -2.36. The number of rotatable bonds is 4. The van der Waals surface area contributed by atoms with Crippen molar-refractivity contribution in [3.05, 3.63) is 71.7 Å². The van der Waals surface area contributed by atoms with Crippen molar-refractivity contribution in [2.24, 2.45) is 0 Å². The van der Waals surface area contributed by atoms with Crippen LogP contribution in [0.25, 0.3) is 6.08 Å². The predicted octanol–water partition coefficient (Wildman–Crippen LogP) is 3.22. The van der Waals surface area contributed by atoms with Crippen LogP contribution in [0.5, 0.6) is 0 Å². The third-order valence-corrected chi connectivity index (χ3v) is 4.43. The maximum atomic E-state index is 12.6. The Morgan fingerprint density at radius 2 is 1.92 bits per heavy atom. The standard InChI is InChI=1S/C20H21N3O2/c1-14(16-7-10-21-11-8-16)22-20(25)13-19-18-6-4-3-5-17(18)9-12-23(19)15(2)24/h3-12,14,19H,13H2,1-2H3,(H,22,25). The SMILES string of the molecule is CC(=O)N1C=Cc2ccccc2C1CC(=O)NC(C)c1ccncc1.